The number of rotatable bonds is 3. The van der Waals surface area contributed by atoms with Crippen molar-refractivity contribution in [2.75, 3.05) is 11.5 Å². The van der Waals surface area contributed by atoms with E-state index in [4.69, 9.17) is 11.6 Å². The molecule has 2 nitrogen and oxygen atoms in total. The maximum absolute atomic E-state index is 11.2. The van der Waals surface area contributed by atoms with Gasteiger partial charge in [0.05, 0.1) is 0 Å². The van der Waals surface area contributed by atoms with Gasteiger partial charge in [0.25, 0.3) is 0 Å². The predicted molar refractivity (Wildman–Crippen MR) is 76.9 cm³/mol. The number of nitrogens with one attached hydrogen (secondary N) is 1. The molecule has 0 radical (unpaired) electrons. The van der Waals surface area contributed by atoms with Gasteiger partial charge in [-0.2, -0.15) is 0 Å². The summed E-state index contributed by atoms with van der Waals surface area (Å²) in [6.07, 6.45) is 2.02. The van der Waals surface area contributed by atoms with Gasteiger partial charge in [0.2, 0.25) is 0 Å². The smallest absolute Gasteiger partial charge is 0.0417 e. The van der Waals surface area contributed by atoms with E-state index in [9.17, 15) is 4.21 Å². The third-order valence-electron chi connectivity index (χ3n) is 2.98. The molecule has 0 saturated carbocycles. The zero-order chi connectivity index (χ0) is 12.3. The van der Waals surface area contributed by atoms with Crippen LogP contribution < -0.4 is 5.32 Å². The number of halogens is 2. The standard InChI is InChI=1S/C12H15BrClNOS/c13-12-7-10(14)2-1-9(12)8-15-11-3-5-17(16)6-4-11/h1-2,7,11,15H,3-6,8H2. The van der Waals surface area contributed by atoms with Crippen molar-refractivity contribution in [1.29, 1.82) is 0 Å². The van der Waals surface area contributed by atoms with Crippen LogP contribution in [0.5, 0.6) is 0 Å². The van der Waals surface area contributed by atoms with Gasteiger partial charge in [0, 0.05) is 44.4 Å². The van der Waals surface area contributed by atoms with Crippen LogP contribution in [0, 0.1) is 0 Å². The van der Waals surface area contributed by atoms with Gasteiger partial charge in [-0.3, -0.25) is 4.21 Å². The molecule has 1 N–H and O–H groups in total. The highest BCUT2D eigenvalue weighted by molar-refractivity contribution is 9.10. The van der Waals surface area contributed by atoms with E-state index in [1.165, 1.54) is 5.56 Å². The Balaban J connectivity index is 1.87. The van der Waals surface area contributed by atoms with Gasteiger partial charge in [-0.1, -0.05) is 33.6 Å². The number of hydrogen-bond donors (Lipinski definition) is 1. The Morgan fingerprint density at radius 2 is 2.12 bits per heavy atom. The first kappa shape index (κ1) is 13.5. The summed E-state index contributed by atoms with van der Waals surface area (Å²) in [6.45, 7) is 0.828. The molecule has 0 bridgehead atoms. The molecule has 0 aliphatic carbocycles. The van der Waals surface area contributed by atoms with Gasteiger partial charge in [-0.15, -0.1) is 0 Å². The Labute approximate surface area is 118 Å². The minimum Gasteiger partial charge on any atom is -0.310 e. The molecule has 2 rings (SSSR count). The van der Waals surface area contributed by atoms with E-state index in [0.717, 1.165) is 40.4 Å². The van der Waals surface area contributed by atoms with Crippen molar-refractivity contribution >= 4 is 38.3 Å². The van der Waals surface area contributed by atoms with E-state index in [0.29, 0.717) is 6.04 Å². The fraction of sp³-hybridized carbons (Fsp3) is 0.500. The van der Waals surface area contributed by atoms with Crippen LogP contribution in [0.2, 0.25) is 5.02 Å². The normalized spacial score (nSPS) is 24.8. The van der Waals surface area contributed by atoms with E-state index in [2.05, 4.69) is 21.2 Å². The molecule has 1 heterocycles. The second-order valence-electron chi connectivity index (χ2n) is 4.24. The number of hydrogen-bond acceptors (Lipinski definition) is 2. The first-order chi connectivity index (χ1) is 8.15. The maximum atomic E-state index is 11.2. The summed E-state index contributed by atoms with van der Waals surface area (Å²) in [4.78, 5) is 0. The summed E-state index contributed by atoms with van der Waals surface area (Å²) < 4.78 is 12.3. The summed E-state index contributed by atoms with van der Waals surface area (Å²) in [6, 6.07) is 6.34. The monoisotopic (exact) mass is 335 g/mol. The highest BCUT2D eigenvalue weighted by Crippen LogP contribution is 2.22. The molecule has 0 spiro atoms. The fourth-order valence-electron chi connectivity index (χ4n) is 1.92. The SMILES string of the molecule is O=S1CCC(NCc2ccc(Cl)cc2Br)CC1. The molecular weight excluding hydrogens is 322 g/mol. The van der Waals surface area contributed by atoms with Crippen molar-refractivity contribution < 1.29 is 4.21 Å². The molecule has 1 aliphatic heterocycles. The Morgan fingerprint density at radius 3 is 2.76 bits per heavy atom. The van der Waals surface area contributed by atoms with E-state index in [-0.39, 0.29) is 0 Å². The topological polar surface area (TPSA) is 29.1 Å². The van der Waals surface area contributed by atoms with Gasteiger partial charge < -0.3 is 5.32 Å². The summed E-state index contributed by atoms with van der Waals surface area (Å²) in [5.41, 5.74) is 1.21. The van der Waals surface area contributed by atoms with Crippen LogP contribution >= 0.6 is 27.5 Å². The van der Waals surface area contributed by atoms with Crippen LogP contribution in [0.15, 0.2) is 22.7 Å². The van der Waals surface area contributed by atoms with E-state index in [1.807, 2.05) is 18.2 Å². The minimum atomic E-state index is -0.583. The molecule has 0 unspecified atom stereocenters. The van der Waals surface area contributed by atoms with Gasteiger partial charge in [0.15, 0.2) is 0 Å². The molecule has 1 aliphatic rings. The lowest BCUT2D eigenvalue weighted by atomic mass is 10.1. The van der Waals surface area contributed by atoms with Crippen molar-refractivity contribution in [3.63, 3.8) is 0 Å². The van der Waals surface area contributed by atoms with Gasteiger partial charge in [-0.25, -0.2) is 0 Å². The fourth-order valence-corrected chi connectivity index (χ4v) is 4.04. The van der Waals surface area contributed by atoms with Crippen molar-refractivity contribution in [2.45, 2.75) is 25.4 Å². The molecule has 1 aromatic carbocycles. The predicted octanol–water partition coefficient (Wildman–Crippen LogP) is 3.10. The van der Waals surface area contributed by atoms with Gasteiger partial charge in [-0.05, 0) is 30.5 Å². The molecule has 5 heteroatoms. The van der Waals surface area contributed by atoms with Gasteiger partial charge >= 0.3 is 0 Å². The second-order valence-corrected chi connectivity index (χ2v) is 7.23. The molecule has 0 atom stereocenters. The third kappa shape index (κ3) is 4.05. The summed E-state index contributed by atoms with van der Waals surface area (Å²) in [5.74, 6) is 1.67. The first-order valence-electron chi connectivity index (χ1n) is 5.67. The minimum absolute atomic E-state index is 0.496. The molecule has 1 fully saturated rings. The largest absolute Gasteiger partial charge is 0.310 e. The number of benzene rings is 1. The average molecular weight is 337 g/mol. The van der Waals surface area contributed by atoms with Crippen molar-refractivity contribution in [2.24, 2.45) is 0 Å². The Bertz CT molecular complexity index is 417. The quantitative estimate of drug-likeness (QED) is 0.919. The third-order valence-corrected chi connectivity index (χ3v) is 5.34. The lowest BCUT2D eigenvalue weighted by Gasteiger charge is -2.22. The Morgan fingerprint density at radius 1 is 1.41 bits per heavy atom. The van der Waals surface area contributed by atoms with Crippen molar-refractivity contribution in [3.8, 4) is 0 Å². The summed E-state index contributed by atoms with van der Waals surface area (Å²) >= 11 is 9.41. The Kier molecular flexibility index (Phi) is 5.03. The molecule has 1 saturated heterocycles. The average Bonchev–Trinajstić information content (AvgIpc) is 2.30. The molecular formula is C12H15BrClNOS. The van der Waals surface area contributed by atoms with E-state index < -0.39 is 10.8 Å². The Hall–Kier alpha value is 0.1000. The lowest BCUT2D eigenvalue weighted by Crippen LogP contribution is -2.35. The zero-order valence-electron chi connectivity index (χ0n) is 9.42. The van der Waals surface area contributed by atoms with Crippen LogP contribution in [0.4, 0.5) is 0 Å². The van der Waals surface area contributed by atoms with Crippen molar-refractivity contribution in [3.05, 3.63) is 33.3 Å². The van der Waals surface area contributed by atoms with E-state index >= 15 is 0 Å². The van der Waals surface area contributed by atoms with Crippen LogP contribution in [-0.2, 0) is 17.3 Å². The highest BCUT2D eigenvalue weighted by Gasteiger charge is 2.17. The van der Waals surface area contributed by atoms with Crippen LogP contribution in [0.3, 0.4) is 0 Å². The van der Waals surface area contributed by atoms with Crippen LogP contribution in [-0.4, -0.2) is 21.8 Å². The van der Waals surface area contributed by atoms with Crippen molar-refractivity contribution in [1.82, 2.24) is 5.32 Å². The van der Waals surface area contributed by atoms with E-state index in [1.54, 1.807) is 0 Å². The summed E-state index contributed by atoms with van der Waals surface area (Å²) in [7, 11) is -0.583. The molecule has 0 aromatic heterocycles. The molecule has 1 aromatic rings. The molecule has 94 valence electrons. The zero-order valence-corrected chi connectivity index (χ0v) is 12.6. The lowest BCUT2D eigenvalue weighted by molar-refractivity contribution is 0.475. The summed E-state index contributed by atoms with van der Waals surface area (Å²) in [5, 5.41) is 4.26. The molecule has 0 amide bonds. The second kappa shape index (κ2) is 6.32. The maximum Gasteiger partial charge on any atom is 0.0417 e. The van der Waals surface area contributed by atoms with Crippen LogP contribution in [0.1, 0.15) is 18.4 Å². The van der Waals surface area contributed by atoms with Gasteiger partial charge in [0.1, 0.15) is 0 Å². The molecule has 17 heavy (non-hydrogen) atoms. The first-order valence-corrected chi connectivity index (χ1v) is 8.33. The van der Waals surface area contributed by atoms with Crippen LogP contribution in [0.25, 0.3) is 0 Å². The highest BCUT2D eigenvalue weighted by atomic mass is 79.9.